The molecular formula is C13H22N4. The van der Waals surface area contributed by atoms with Gasteiger partial charge in [0.05, 0.1) is 23.1 Å². The summed E-state index contributed by atoms with van der Waals surface area (Å²) >= 11 is 0. The molecule has 0 amide bonds. The van der Waals surface area contributed by atoms with Crippen LogP contribution in [0.15, 0.2) is 0 Å². The van der Waals surface area contributed by atoms with Crippen molar-refractivity contribution in [1.29, 1.82) is 0 Å². The van der Waals surface area contributed by atoms with E-state index in [1.807, 2.05) is 0 Å². The molecule has 0 radical (unpaired) electrons. The predicted molar refractivity (Wildman–Crippen MR) is 69.4 cm³/mol. The fourth-order valence-electron chi connectivity index (χ4n) is 2.91. The summed E-state index contributed by atoms with van der Waals surface area (Å²) in [5.74, 6) is 0. The molecule has 17 heavy (non-hydrogen) atoms. The molecule has 1 aliphatic carbocycles. The third-order valence-corrected chi connectivity index (χ3v) is 4.04. The first-order chi connectivity index (χ1) is 8.16. The number of nitrogens with two attached hydrogens (primary N) is 1. The summed E-state index contributed by atoms with van der Waals surface area (Å²) in [7, 11) is 0. The van der Waals surface area contributed by atoms with Gasteiger partial charge in [-0.05, 0) is 39.5 Å². The highest BCUT2D eigenvalue weighted by molar-refractivity contribution is 5.55. The van der Waals surface area contributed by atoms with Gasteiger partial charge in [-0.1, -0.05) is 0 Å². The molecule has 1 aromatic rings. The van der Waals surface area contributed by atoms with Gasteiger partial charge in [-0.3, -0.25) is 4.68 Å². The van der Waals surface area contributed by atoms with E-state index in [0.29, 0.717) is 12.1 Å². The van der Waals surface area contributed by atoms with Crippen molar-refractivity contribution in [3.05, 3.63) is 11.4 Å². The van der Waals surface area contributed by atoms with Crippen molar-refractivity contribution >= 4 is 5.69 Å². The molecule has 1 aromatic heterocycles. The molecule has 0 atom stereocenters. The van der Waals surface area contributed by atoms with E-state index in [0.717, 1.165) is 25.9 Å². The molecular weight excluding hydrogens is 212 g/mol. The van der Waals surface area contributed by atoms with Gasteiger partial charge in [0.1, 0.15) is 0 Å². The fourth-order valence-corrected chi connectivity index (χ4v) is 2.91. The van der Waals surface area contributed by atoms with Gasteiger partial charge in [-0.15, -0.1) is 0 Å². The Balaban J connectivity index is 1.86. The maximum atomic E-state index is 5.97. The zero-order chi connectivity index (χ0) is 12.0. The third-order valence-electron chi connectivity index (χ3n) is 4.04. The summed E-state index contributed by atoms with van der Waals surface area (Å²) in [6.07, 6.45) is 4.81. The van der Waals surface area contributed by atoms with Gasteiger partial charge in [0.15, 0.2) is 0 Å². The highest BCUT2D eigenvalue weighted by Gasteiger charge is 2.29. The Bertz CT molecular complexity index is 411. The standard InChI is InChI=1S/C13H22N4/c1-9-13(16-7-5-11(14)6-8-16)10(2)17(15-9)12-3-4-12/h11-12H,3-8,14H2,1-2H3. The number of hydrogen-bond donors (Lipinski definition) is 1. The van der Waals surface area contributed by atoms with E-state index in [1.54, 1.807) is 0 Å². The summed E-state index contributed by atoms with van der Waals surface area (Å²) in [4.78, 5) is 2.47. The van der Waals surface area contributed by atoms with E-state index in [9.17, 15) is 0 Å². The van der Waals surface area contributed by atoms with E-state index in [2.05, 4.69) is 23.4 Å². The molecule has 2 aliphatic rings. The van der Waals surface area contributed by atoms with Crippen LogP contribution in [0.25, 0.3) is 0 Å². The van der Waals surface area contributed by atoms with Crippen LogP contribution in [0.2, 0.25) is 0 Å². The normalized spacial score (nSPS) is 22.2. The average molecular weight is 234 g/mol. The van der Waals surface area contributed by atoms with E-state index in [-0.39, 0.29) is 0 Å². The lowest BCUT2D eigenvalue weighted by Gasteiger charge is -2.32. The topological polar surface area (TPSA) is 47.1 Å². The van der Waals surface area contributed by atoms with Crippen molar-refractivity contribution in [1.82, 2.24) is 9.78 Å². The summed E-state index contributed by atoms with van der Waals surface area (Å²) in [5, 5.41) is 4.71. The molecule has 0 bridgehead atoms. The van der Waals surface area contributed by atoms with Crippen LogP contribution in [0.1, 0.15) is 43.1 Å². The van der Waals surface area contributed by atoms with Crippen LogP contribution < -0.4 is 10.6 Å². The molecule has 1 saturated carbocycles. The maximum absolute atomic E-state index is 5.97. The predicted octanol–water partition coefficient (Wildman–Crippen LogP) is 1.76. The van der Waals surface area contributed by atoms with Crippen LogP contribution >= 0.6 is 0 Å². The lowest BCUT2D eigenvalue weighted by atomic mass is 10.1. The van der Waals surface area contributed by atoms with Crippen LogP contribution in [0.5, 0.6) is 0 Å². The first-order valence-corrected chi connectivity index (χ1v) is 6.73. The number of rotatable bonds is 2. The number of hydrogen-bond acceptors (Lipinski definition) is 3. The van der Waals surface area contributed by atoms with Crippen LogP contribution in [0.3, 0.4) is 0 Å². The highest BCUT2D eigenvalue weighted by atomic mass is 15.3. The summed E-state index contributed by atoms with van der Waals surface area (Å²) in [6.45, 7) is 6.51. The van der Waals surface area contributed by atoms with Crippen molar-refractivity contribution in [2.45, 2.75) is 51.6 Å². The van der Waals surface area contributed by atoms with E-state index < -0.39 is 0 Å². The van der Waals surface area contributed by atoms with Crippen molar-refractivity contribution in [2.75, 3.05) is 18.0 Å². The maximum Gasteiger partial charge on any atom is 0.0830 e. The van der Waals surface area contributed by atoms with Crippen LogP contribution in [0.4, 0.5) is 5.69 Å². The van der Waals surface area contributed by atoms with Gasteiger partial charge in [-0.2, -0.15) is 5.10 Å². The number of aryl methyl sites for hydroxylation is 1. The second-order valence-electron chi connectivity index (χ2n) is 5.52. The smallest absolute Gasteiger partial charge is 0.0830 e. The van der Waals surface area contributed by atoms with Crippen molar-refractivity contribution in [2.24, 2.45) is 5.73 Å². The molecule has 4 heteroatoms. The third kappa shape index (κ3) is 1.95. The molecule has 0 unspecified atom stereocenters. The molecule has 2 fully saturated rings. The lowest BCUT2D eigenvalue weighted by molar-refractivity contribution is 0.500. The molecule has 0 aromatic carbocycles. The first-order valence-electron chi connectivity index (χ1n) is 6.73. The number of aromatic nitrogens is 2. The molecule has 1 saturated heterocycles. The van der Waals surface area contributed by atoms with E-state index >= 15 is 0 Å². The molecule has 1 aliphatic heterocycles. The summed E-state index contributed by atoms with van der Waals surface area (Å²) in [5.41, 5.74) is 9.86. The SMILES string of the molecule is Cc1nn(C2CC2)c(C)c1N1CCC(N)CC1. The van der Waals surface area contributed by atoms with Gasteiger partial charge >= 0.3 is 0 Å². The van der Waals surface area contributed by atoms with Crippen molar-refractivity contribution in [3.63, 3.8) is 0 Å². The number of anilines is 1. The van der Waals surface area contributed by atoms with Crippen molar-refractivity contribution in [3.8, 4) is 0 Å². The van der Waals surface area contributed by atoms with Gasteiger partial charge in [0, 0.05) is 19.1 Å². The quantitative estimate of drug-likeness (QED) is 0.848. The van der Waals surface area contributed by atoms with Crippen LogP contribution in [-0.4, -0.2) is 28.9 Å². The molecule has 2 heterocycles. The highest BCUT2D eigenvalue weighted by Crippen LogP contribution is 2.38. The average Bonchev–Trinajstić information content (AvgIpc) is 3.09. The second kappa shape index (κ2) is 4.02. The first kappa shape index (κ1) is 11.1. The van der Waals surface area contributed by atoms with Gasteiger partial charge in [-0.25, -0.2) is 0 Å². The monoisotopic (exact) mass is 234 g/mol. The Morgan fingerprint density at radius 2 is 1.76 bits per heavy atom. The second-order valence-corrected chi connectivity index (χ2v) is 5.52. The zero-order valence-corrected chi connectivity index (χ0v) is 10.8. The largest absolute Gasteiger partial charge is 0.368 e. The van der Waals surface area contributed by atoms with Crippen LogP contribution in [-0.2, 0) is 0 Å². The van der Waals surface area contributed by atoms with Crippen molar-refractivity contribution < 1.29 is 0 Å². The fraction of sp³-hybridized carbons (Fsp3) is 0.769. The van der Waals surface area contributed by atoms with E-state index in [1.165, 1.54) is 29.9 Å². The van der Waals surface area contributed by atoms with Gasteiger partial charge in [0.2, 0.25) is 0 Å². The molecule has 3 rings (SSSR count). The minimum Gasteiger partial charge on any atom is -0.368 e. The Morgan fingerprint density at radius 3 is 2.35 bits per heavy atom. The Morgan fingerprint density at radius 1 is 1.12 bits per heavy atom. The van der Waals surface area contributed by atoms with Gasteiger partial charge < -0.3 is 10.6 Å². The number of piperidine rings is 1. The molecule has 4 nitrogen and oxygen atoms in total. The summed E-state index contributed by atoms with van der Waals surface area (Å²) in [6, 6.07) is 1.07. The molecule has 2 N–H and O–H groups in total. The van der Waals surface area contributed by atoms with E-state index in [4.69, 9.17) is 10.8 Å². The Labute approximate surface area is 103 Å². The Hall–Kier alpha value is -1.03. The summed E-state index contributed by atoms with van der Waals surface area (Å²) < 4.78 is 2.24. The van der Waals surface area contributed by atoms with Crippen LogP contribution in [0, 0.1) is 13.8 Å². The lowest BCUT2D eigenvalue weighted by Crippen LogP contribution is -2.40. The minimum absolute atomic E-state index is 0.394. The van der Waals surface area contributed by atoms with Gasteiger partial charge in [0.25, 0.3) is 0 Å². The molecule has 94 valence electrons. The Kier molecular flexibility index (Phi) is 2.62. The zero-order valence-electron chi connectivity index (χ0n) is 10.8. The minimum atomic E-state index is 0.394. The molecule has 0 spiro atoms. The number of nitrogens with zero attached hydrogens (tertiary/aromatic N) is 3.